The molecule has 1 saturated carbocycles. The van der Waals surface area contributed by atoms with Crippen LogP contribution in [0.2, 0.25) is 0 Å². The number of nitrogens with zero attached hydrogens (tertiary/aromatic N) is 2. The van der Waals surface area contributed by atoms with Crippen molar-refractivity contribution in [1.82, 2.24) is 5.16 Å². The summed E-state index contributed by atoms with van der Waals surface area (Å²) in [6.45, 7) is 3.90. The quantitative estimate of drug-likeness (QED) is 0.806. The second kappa shape index (κ2) is 6.48. The molecule has 7 heteroatoms. The maximum Gasteiger partial charge on any atom is 0.241 e. The van der Waals surface area contributed by atoms with Crippen molar-refractivity contribution in [3.05, 3.63) is 36.1 Å². The Labute approximate surface area is 151 Å². The molecular formula is C19H22N4O3. The predicted octanol–water partition coefficient (Wildman–Crippen LogP) is 2.94. The Morgan fingerprint density at radius 2 is 1.73 bits per heavy atom. The summed E-state index contributed by atoms with van der Waals surface area (Å²) in [7, 11) is 0. The SMILES string of the molecule is Cc1cc(NC(=O)C2(C(=O)Nc3ccc(N4CCCC4)cc3)CC2)no1. The maximum absolute atomic E-state index is 12.6. The van der Waals surface area contributed by atoms with E-state index in [1.165, 1.54) is 18.5 Å². The third-order valence-electron chi connectivity index (χ3n) is 5.09. The van der Waals surface area contributed by atoms with Gasteiger partial charge in [-0.25, -0.2) is 0 Å². The van der Waals surface area contributed by atoms with Crippen LogP contribution in [0.5, 0.6) is 0 Å². The molecule has 2 fully saturated rings. The lowest BCUT2D eigenvalue weighted by molar-refractivity contribution is -0.131. The number of rotatable bonds is 5. The molecule has 1 aliphatic carbocycles. The monoisotopic (exact) mass is 354 g/mol. The highest BCUT2D eigenvalue weighted by Crippen LogP contribution is 2.47. The molecule has 1 aliphatic heterocycles. The minimum absolute atomic E-state index is 0.274. The van der Waals surface area contributed by atoms with Gasteiger partial charge in [0.15, 0.2) is 5.82 Å². The molecule has 0 bridgehead atoms. The summed E-state index contributed by atoms with van der Waals surface area (Å²) in [4.78, 5) is 27.5. The fourth-order valence-electron chi connectivity index (χ4n) is 3.33. The zero-order valence-corrected chi connectivity index (χ0v) is 14.7. The molecule has 2 N–H and O–H groups in total. The highest BCUT2D eigenvalue weighted by molar-refractivity contribution is 6.16. The zero-order valence-electron chi connectivity index (χ0n) is 14.7. The van der Waals surface area contributed by atoms with Crippen LogP contribution in [-0.2, 0) is 9.59 Å². The molecule has 26 heavy (non-hydrogen) atoms. The molecule has 2 aromatic rings. The summed E-state index contributed by atoms with van der Waals surface area (Å²) in [5, 5.41) is 9.28. The lowest BCUT2D eigenvalue weighted by atomic mass is 10.0. The Morgan fingerprint density at radius 1 is 1.08 bits per heavy atom. The third-order valence-corrected chi connectivity index (χ3v) is 5.09. The fourth-order valence-corrected chi connectivity index (χ4v) is 3.33. The van der Waals surface area contributed by atoms with Crippen molar-refractivity contribution >= 4 is 29.0 Å². The number of anilines is 3. The molecule has 4 rings (SSSR count). The first kappa shape index (κ1) is 16.6. The van der Waals surface area contributed by atoms with Gasteiger partial charge in [-0.2, -0.15) is 0 Å². The van der Waals surface area contributed by atoms with E-state index in [1.807, 2.05) is 24.3 Å². The van der Waals surface area contributed by atoms with Crippen molar-refractivity contribution in [3.8, 4) is 0 Å². The first-order valence-corrected chi connectivity index (χ1v) is 8.98. The second-order valence-electron chi connectivity index (χ2n) is 7.05. The van der Waals surface area contributed by atoms with Crippen molar-refractivity contribution in [1.29, 1.82) is 0 Å². The number of aryl methyl sites for hydroxylation is 1. The number of hydrogen-bond donors (Lipinski definition) is 2. The smallest absolute Gasteiger partial charge is 0.241 e. The molecule has 1 saturated heterocycles. The molecule has 1 aromatic carbocycles. The number of benzene rings is 1. The van der Waals surface area contributed by atoms with E-state index in [0.29, 0.717) is 30.1 Å². The molecule has 2 amide bonds. The van der Waals surface area contributed by atoms with E-state index in [9.17, 15) is 9.59 Å². The predicted molar refractivity (Wildman–Crippen MR) is 98.1 cm³/mol. The van der Waals surface area contributed by atoms with Crippen LogP contribution in [0.15, 0.2) is 34.9 Å². The lowest BCUT2D eigenvalue weighted by Crippen LogP contribution is -2.35. The van der Waals surface area contributed by atoms with Gasteiger partial charge in [-0.05, 0) is 56.9 Å². The fraction of sp³-hybridized carbons (Fsp3) is 0.421. The number of nitrogens with one attached hydrogen (secondary N) is 2. The Morgan fingerprint density at radius 3 is 2.31 bits per heavy atom. The first-order valence-electron chi connectivity index (χ1n) is 8.98. The van der Waals surface area contributed by atoms with E-state index >= 15 is 0 Å². The van der Waals surface area contributed by atoms with Crippen molar-refractivity contribution in [2.24, 2.45) is 5.41 Å². The van der Waals surface area contributed by atoms with Crippen molar-refractivity contribution in [2.45, 2.75) is 32.6 Å². The van der Waals surface area contributed by atoms with Gasteiger partial charge < -0.3 is 20.1 Å². The number of amides is 2. The molecule has 1 aromatic heterocycles. The highest BCUT2D eigenvalue weighted by atomic mass is 16.5. The minimum atomic E-state index is -1.01. The van der Waals surface area contributed by atoms with Gasteiger partial charge in [-0.3, -0.25) is 9.59 Å². The molecule has 0 radical (unpaired) electrons. The standard InChI is InChI=1S/C19H22N4O3/c1-13-12-16(22-26-13)21-18(25)19(8-9-19)17(24)20-14-4-6-15(7-5-14)23-10-2-3-11-23/h4-7,12H,2-3,8-11H2,1H3,(H,20,24)(H,21,22,25). The normalized spacial score (nSPS) is 17.8. The van der Waals surface area contributed by atoms with Crippen LogP contribution in [0.4, 0.5) is 17.2 Å². The van der Waals surface area contributed by atoms with Crippen LogP contribution in [0.25, 0.3) is 0 Å². The van der Waals surface area contributed by atoms with Crippen LogP contribution < -0.4 is 15.5 Å². The Balaban J connectivity index is 1.39. The molecule has 0 atom stereocenters. The lowest BCUT2D eigenvalue weighted by Gasteiger charge is -2.18. The van der Waals surface area contributed by atoms with Crippen LogP contribution in [0, 0.1) is 12.3 Å². The topological polar surface area (TPSA) is 87.5 Å². The van der Waals surface area contributed by atoms with Crippen LogP contribution in [0.1, 0.15) is 31.4 Å². The second-order valence-corrected chi connectivity index (χ2v) is 7.05. The molecule has 2 heterocycles. The van der Waals surface area contributed by atoms with Gasteiger partial charge in [0.25, 0.3) is 0 Å². The van der Waals surface area contributed by atoms with Gasteiger partial charge in [0.05, 0.1) is 0 Å². The Hall–Kier alpha value is -2.83. The third kappa shape index (κ3) is 3.16. The number of hydrogen-bond acceptors (Lipinski definition) is 5. The van der Waals surface area contributed by atoms with Gasteiger partial charge >= 0.3 is 0 Å². The maximum atomic E-state index is 12.6. The van der Waals surface area contributed by atoms with E-state index in [2.05, 4.69) is 20.7 Å². The first-order chi connectivity index (χ1) is 12.6. The van der Waals surface area contributed by atoms with Crippen molar-refractivity contribution in [3.63, 3.8) is 0 Å². The number of aromatic nitrogens is 1. The molecule has 136 valence electrons. The van der Waals surface area contributed by atoms with Gasteiger partial charge in [-0.15, -0.1) is 0 Å². The van der Waals surface area contributed by atoms with Crippen LogP contribution in [-0.4, -0.2) is 30.1 Å². The van der Waals surface area contributed by atoms with Crippen LogP contribution >= 0.6 is 0 Å². The minimum Gasteiger partial charge on any atom is -0.372 e. The van der Waals surface area contributed by atoms with E-state index in [0.717, 1.165) is 13.1 Å². The largest absolute Gasteiger partial charge is 0.372 e. The van der Waals surface area contributed by atoms with Gasteiger partial charge in [-0.1, -0.05) is 5.16 Å². The highest BCUT2D eigenvalue weighted by Gasteiger charge is 2.56. The summed E-state index contributed by atoms with van der Waals surface area (Å²) >= 11 is 0. The Bertz CT molecular complexity index is 818. The summed E-state index contributed by atoms with van der Waals surface area (Å²) in [6, 6.07) is 9.43. The van der Waals surface area contributed by atoms with E-state index in [4.69, 9.17) is 4.52 Å². The molecule has 7 nitrogen and oxygen atoms in total. The van der Waals surface area contributed by atoms with Gasteiger partial charge in [0.1, 0.15) is 11.2 Å². The zero-order chi connectivity index (χ0) is 18.1. The molecule has 2 aliphatic rings. The molecule has 0 unspecified atom stereocenters. The Kier molecular flexibility index (Phi) is 4.14. The summed E-state index contributed by atoms with van der Waals surface area (Å²) in [5.41, 5.74) is 0.857. The van der Waals surface area contributed by atoms with Gasteiger partial charge in [0, 0.05) is 30.5 Å². The molecule has 0 spiro atoms. The van der Waals surface area contributed by atoms with Crippen LogP contribution in [0.3, 0.4) is 0 Å². The van der Waals surface area contributed by atoms with E-state index in [1.54, 1.807) is 13.0 Å². The summed E-state index contributed by atoms with van der Waals surface area (Å²) in [5.74, 6) is 0.329. The summed E-state index contributed by atoms with van der Waals surface area (Å²) in [6.07, 6.45) is 3.52. The van der Waals surface area contributed by atoms with Crippen molar-refractivity contribution in [2.75, 3.05) is 28.6 Å². The number of carbonyl (C=O) groups is 2. The average molecular weight is 354 g/mol. The average Bonchev–Trinajstić information content (AvgIpc) is 3.07. The number of carbonyl (C=O) groups excluding carboxylic acids is 2. The van der Waals surface area contributed by atoms with Gasteiger partial charge in [0.2, 0.25) is 11.8 Å². The molecular weight excluding hydrogens is 332 g/mol. The van der Waals surface area contributed by atoms with Crippen molar-refractivity contribution < 1.29 is 14.1 Å². The summed E-state index contributed by atoms with van der Waals surface area (Å²) < 4.78 is 4.94. The van der Waals surface area contributed by atoms with E-state index in [-0.39, 0.29) is 11.8 Å². The van der Waals surface area contributed by atoms with E-state index < -0.39 is 5.41 Å².